The molecule has 0 aliphatic carbocycles. The van der Waals surface area contributed by atoms with E-state index in [2.05, 4.69) is 5.32 Å². The van der Waals surface area contributed by atoms with Crippen molar-refractivity contribution in [2.45, 2.75) is 43.5 Å². The molecule has 0 saturated carbocycles. The van der Waals surface area contributed by atoms with Gasteiger partial charge in [0.05, 0.1) is 10.8 Å². The maximum Gasteiger partial charge on any atom is 0.243 e. The highest BCUT2D eigenvalue weighted by Gasteiger charge is 2.35. The van der Waals surface area contributed by atoms with E-state index in [1.54, 1.807) is 0 Å². The van der Waals surface area contributed by atoms with E-state index in [4.69, 9.17) is 0 Å². The van der Waals surface area contributed by atoms with Gasteiger partial charge in [-0.15, -0.1) is 0 Å². The van der Waals surface area contributed by atoms with E-state index in [9.17, 15) is 17.6 Å². The number of hydrogen-bond donors (Lipinski definition) is 1. The van der Waals surface area contributed by atoms with Gasteiger partial charge < -0.3 is 5.32 Å². The van der Waals surface area contributed by atoms with Gasteiger partial charge in [-0.25, -0.2) is 12.8 Å². The van der Waals surface area contributed by atoms with Gasteiger partial charge in [0.1, 0.15) is 5.82 Å². The number of sulfonamides is 1. The van der Waals surface area contributed by atoms with Gasteiger partial charge in [0.15, 0.2) is 0 Å². The van der Waals surface area contributed by atoms with Crippen LogP contribution in [0.4, 0.5) is 4.39 Å². The summed E-state index contributed by atoms with van der Waals surface area (Å²) in [4.78, 5) is 12.9. The van der Waals surface area contributed by atoms with E-state index in [1.165, 1.54) is 16.4 Å². The largest absolute Gasteiger partial charge is 0.351 e. The van der Waals surface area contributed by atoms with Gasteiger partial charge in [-0.05, 0) is 62.9 Å². The first-order valence-corrected chi connectivity index (χ1v) is 11.2. The fraction of sp³-hybridized carbons (Fsp3) is 0.409. The third-order valence-corrected chi connectivity index (χ3v) is 7.04. The minimum atomic E-state index is -3.75. The van der Waals surface area contributed by atoms with E-state index < -0.39 is 27.3 Å². The highest BCUT2D eigenvalue weighted by atomic mass is 32.2. The normalized spacial score (nSPS) is 18.4. The van der Waals surface area contributed by atoms with Crippen molar-refractivity contribution in [3.05, 3.63) is 66.0 Å². The fourth-order valence-corrected chi connectivity index (χ4v) is 5.24. The summed E-state index contributed by atoms with van der Waals surface area (Å²) in [6, 6.07) is 14.7. The van der Waals surface area contributed by atoms with Gasteiger partial charge in [-0.3, -0.25) is 4.79 Å². The molecule has 0 unspecified atom stereocenters. The van der Waals surface area contributed by atoms with Crippen LogP contribution in [0.1, 0.15) is 32.3 Å². The van der Waals surface area contributed by atoms with Crippen molar-refractivity contribution < 1.29 is 17.6 Å². The Labute approximate surface area is 172 Å². The lowest BCUT2D eigenvalue weighted by atomic mass is 9.92. The van der Waals surface area contributed by atoms with Crippen molar-refractivity contribution in [3.63, 3.8) is 0 Å². The number of hydrogen-bond acceptors (Lipinski definition) is 3. The Kier molecular flexibility index (Phi) is 6.39. The maximum atomic E-state index is 13.1. The number of piperidine rings is 1. The molecule has 0 spiro atoms. The molecule has 3 rings (SSSR count). The van der Waals surface area contributed by atoms with Crippen LogP contribution in [0, 0.1) is 11.7 Å². The van der Waals surface area contributed by atoms with Crippen molar-refractivity contribution in [2.24, 2.45) is 5.92 Å². The van der Waals surface area contributed by atoms with E-state index in [-0.39, 0.29) is 17.3 Å². The Morgan fingerprint density at radius 2 is 1.79 bits per heavy atom. The van der Waals surface area contributed by atoms with Crippen LogP contribution < -0.4 is 5.32 Å². The van der Waals surface area contributed by atoms with E-state index >= 15 is 0 Å². The van der Waals surface area contributed by atoms with Crippen molar-refractivity contribution in [1.29, 1.82) is 0 Å². The topological polar surface area (TPSA) is 66.5 Å². The zero-order chi connectivity index (χ0) is 21.1. The predicted octanol–water partition coefficient (Wildman–Crippen LogP) is 3.36. The number of nitrogens with one attached hydrogen (secondary N) is 1. The number of rotatable bonds is 6. The minimum absolute atomic E-state index is 0.0457. The van der Waals surface area contributed by atoms with Gasteiger partial charge in [0.2, 0.25) is 15.9 Å². The molecule has 7 heteroatoms. The van der Waals surface area contributed by atoms with Crippen LogP contribution in [0.5, 0.6) is 0 Å². The average Bonchev–Trinajstić information content (AvgIpc) is 2.68. The number of halogens is 1. The van der Waals surface area contributed by atoms with Crippen LogP contribution in [0.15, 0.2) is 59.5 Å². The van der Waals surface area contributed by atoms with Gasteiger partial charge in [-0.1, -0.05) is 30.3 Å². The Hall–Kier alpha value is -2.25. The molecule has 0 aromatic heterocycles. The second-order valence-electron chi connectivity index (χ2n) is 8.19. The first-order valence-electron chi connectivity index (χ1n) is 9.79. The molecule has 2 aromatic carbocycles. The summed E-state index contributed by atoms with van der Waals surface area (Å²) in [6.45, 7) is 4.42. The highest BCUT2D eigenvalue weighted by molar-refractivity contribution is 7.89. The monoisotopic (exact) mass is 418 g/mol. The van der Waals surface area contributed by atoms with Crippen LogP contribution in [0.3, 0.4) is 0 Å². The number of benzene rings is 2. The smallest absolute Gasteiger partial charge is 0.243 e. The third-order valence-electron chi connectivity index (χ3n) is 5.16. The van der Waals surface area contributed by atoms with Gasteiger partial charge >= 0.3 is 0 Å². The van der Waals surface area contributed by atoms with Crippen molar-refractivity contribution in [1.82, 2.24) is 9.62 Å². The highest BCUT2D eigenvalue weighted by Crippen LogP contribution is 2.25. The van der Waals surface area contributed by atoms with E-state index in [1.807, 2.05) is 44.2 Å². The van der Waals surface area contributed by atoms with Crippen LogP contribution in [0.25, 0.3) is 0 Å². The Morgan fingerprint density at radius 3 is 2.45 bits per heavy atom. The first-order chi connectivity index (χ1) is 13.7. The first kappa shape index (κ1) is 21.5. The van der Waals surface area contributed by atoms with Crippen molar-refractivity contribution >= 4 is 15.9 Å². The lowest BCUT2D eigenvalue weighted by Gasteiger charge is -2.34. The number of nitrogens with zero attached hydrogens (tertiary/aromatic N) is 1. The fourth-order valence-electron chi connectivity index (χ4n) is 3.72. The summed E-state index contributed by atoms with van der Waals surface area (Å²) >= 11 is 0. The molecule has 0 bridgehead atoms. The lowest BCUT2D eigenvalue weighted by Crippen LogP contribution is -2.51. The molecule has 1 amide bonds. The summed E-state index contributed by atoms with van der Waals surface area (Å²) in [7, 11) is -3.75. The summed E-state index contributed by atoms with van der Waals surface area (Å²) in [6.07, 6.45) is 1.93. The minimum Gasteiger partial charge on any atom is -0.351 e. The van der Waals surface area contributed by atoms with Gasteiger partial charge in [0, 0.05) is 18.6 Å². The van der Waals surface area contributed by atoms with E-state index in [0.717, 1.165) is 17.7 Å². The molecule has 1 saturated heterocycles. The van der Waals surface area contributed by atoms with E-state index in [0.29, 0.717) is 25.8 Å². The SMILES string of the molecule is CC(C)(Cc1ccccc1)NC(=O)[C@H]1CCCN(S(=O)(=O)c2ccc(F)cc2)C1. The molecule has 156 valence electrons. The summed E-state index contributed by atoms with van der Waals surface area (Å²) in [5.41, 5.74) is 0.679. The molecule has 1 atom stereocenters. The molecule has 0 radical (unpaired) electrons. The third kappa shape index (κ3) is 5.42. The molecule has 5 nitrogen and oxygen atoms in total. The molecule has 1 aliphatic rings. The quantitative estimate of drug-likeness (QED) is 0.782. The second-order valence-corrected chi connectivity index (χ2v) is 10.1. The predicted molar refractivity (Wildman–Crippen MR) is 110 cm³/mol. The Balaban J connectivity index is 1.66. The zero-order valence-electron chi connectivity index (χ0n) is 16.8. The van der Waals surface area contributed by atoms with Crippen LogP contribution in [-0.4, -0.2) is 37.3 Å². The van der Waals surface area contributed by atoms with Crippen molar-refractivity contribution in [3.8, 4) is 0 Å². The molecule has 1 aliphatic heterocycles. The molecule has 1 heterocycles. The summed E-state index contributed by atoms with van der Waals surface area (Å²) in [5, 5.41) is 3.08. The second kappa shape index (κ2) is 8.63. The Bertz CT molecular complexity index is 944. The molecule has 1 N–H and O–H groups in total. The summed E-state index contributed by atoms with van der Waals surface area (Å²) < 4.78 is 40.2. The molecular weight excluding hydrogens is 391 g/mol. The number of carbonyl (C=O) groups excluding carboxylic acids is 1. The molecular formula is C22H27FN2O3S. The van der Waals surface area contributed by atoms with Crippen molar-refractivity contribution in [2.75, 3.05) is 13.1 Å². The van der Waals surface area contributed by atoms with Crippen LogP contribution in [0.2, 0.25) is 0 Å². The number of amides is 1. The van der Waals surface area contributed by atoms with Crippen LogP contribution >= 0.6 is 0 Å². The number of carbonyl (C=O) groups is 1. The lowest BCUT2D eigenvalue weighted by molar-refractivity contribution is -0.127. The average molecular weight is 419 g/mol. The van der Waals surface area contributed by atoms with Gasteiger partial charge in [0.25, 0.3) is 0 Å². The molecule has 1 fully saturated rings. The maximum absolute atomic E-state index is 13.1. The zero-order valence-corrected chi connectivity index (χ0v) is 17.6. The van der Waals surface area contributed by atoms with Crippen LogP contribution in [-0.2, 0) is 21.2 Å². The molecule has 29 heavy (non-hydrogen) atoms. The van der Waals surface area contributed by atoms with Gasteiger partial charge in [-0.2, -0.15) is 4.31 Å². The Morgan fingerprint density at radius 1 is 1.14 bits per heavy atom. The standard InChI is InChI=1S/C22H27FN2O3S/c1-22(2,15-17-7-4-3-5-8-17)24-21(26)18-9-6-14-25(16-18)29(27,28)20-12-10-19(23)11-13-20/h3-5,7-8,10-13,18H,6,9,14-16H2,1-2H3,(H,24,26)/t18-/m0/s1. The summed E-state index contributed by atoms with van der Waals surface area (Å²) in [5.74, 6) is -1.03. The molecule has 2 aromatic rings.